The Morgan fingerprint density at radius 3 is 2.58 bits per heavy atom. The molecule has 0 bridgehead atoms. The Hall–Kier alpha value is -0.0800. The van der Waals surface area contributed by atoms with E-state index in [0.29, 0.717) is 12.0 Å². The van der Waals surface area contributed by atoms with Crippen LogP contribution in [-0.2, 0) is 9.47 Å². The van der Waals surface area contributed by atoms with E-state index < -0.39 is 0 Å². The minimum atomic E-state index is -0.311. The van der Waals surface area contributed by atoms with Crippen molar-refractivity contribution in [3.63, 3.8) is 0 Å². The summed E-state index contributed by atoms with van der Waals surface area (Å²) in [6.07, 6.45) is 2.35. The quantitative estimate of drug-likeness (QED) is 0.651. The maximum atomic E-state index is 5.79. The molecule has 0 aromatic carbocycles. The molecule has 12 heavy (non-hydrogen) atoms. The third-order valence-corrected chi connectivity index (χ3v) is 2.22. The van der Waals surface area contributed by atoms with Gasteiger partial charge in [0.1, 0.15) is 0 Å². The number of ether oxygens (including phenoxy) is 2. The Kier molecular flexibility index (Phi) is 3.13. The van der Waals surface area contributed by atoms with Gasteiger partial charge < -0.3 is 9.47 Å². The highest BCUT2D eigenvalue weighted by Gasteiger charge is 2.36. The van der Waals surface area contributed by atoms with Gasteiger partial charge in [0, 0.05) is 6.42 Å². The van der Waals surface area contributed by atoms with Crippen LogP contribution in [0.1, 0.15) is 40.5 Å². The van der Waals surface area contributed by atoms with E-state index in [1.54, 1.807) is 0 Å². The van der Waals surface area contributed by atoms with Crippen LogP contribution in [-0.4, -0.2) is 18.5 Å². The molecule has 0 spiro atoms. The molecule has 2 atom stereocenters. The highest BCUT2D eigenvalue weighted by molar-refractivity contribution is 4.75. The van der Waals surface area contributed by atoms with E-state index in [1.165, 1.54) is 0 Å². The summed E-state index contributed by atoms with van der Waals surface area (Å²) in [5, 5.41) is 0. The molecule has 1 aliphatic heterocycles. The maximum Gasteiger partial charge on any atom is 0.166 e. The molecule has 0 aromatic rings. The summed E-state index contributed by atoms with van der Waals surface area (Å²) in [7, 11) is 0. The zero-order valence-electron chi connectivity index (χ0n) is 8.59. The van der Waals surface area contributed by atoms with Gasteiger partial charge in [0.2, 0.25) is 0 Å². The second-order valence-electron chi connectivity index (χ2n) is 4.19. The molecule has 1 saturated heterocycles. The van der Waals surface area contributed by atoms with Crippen LogP contribution in [0.3, 0.4) is 0 Å². The topological polar surface area (TPSA) is 18.5 Å². The van der Waals surface area contributed by atoms with E-state index in [2.05, 4.69) is 20.8 Å². The second-order valence-corrected chi connectivity index (χ2v) is 4.19. The molecular formula is C10H20O2. The molecule has 1 aliphatic rings. The van der Waals surface area contributed by atoms with Gasteiger partial charge in [0.25, 0.3) is 0 Å². The average Bonchev–Trinajstić information content (AvgIpc) is 2.30. The molecule has 2 nitrogen and oxygen atoms in total. The van der Waals surface area contributed by atoms with Gasteiger partial charge in [-0.05, 0) is 19.3 Å². The Labute approximate surface area is 75.2 Å². The second kappa shape index (κ2) is 3.75. The minimum absolute atomic E-state index is 0.311. The zero-order valence-corrected chi connectivity index (χ0v) is 8.59. The molecule has 1 rings (SSSR count). The van der Waals surface area contributed by atoms with Crippen molar-refractivity contribution in [3.8, 4) is 0 Å². The SMILES string of the molecule is CCC1CO[C@@](C)(CC(C)C)O1. The molecule has 1 unspecified atom stereocenters. The molecule has 72 valence electrons. The third kappa shape index (κ3) is 2.46. The van der Waals surface area contributed by atoms with Crippen molar-refractivity contribution in [1.29, 1.82) is 0 Å². The van der Waals surface area contributed by atoms with Crippen LogP contribution in [0.2, 0.25) is 0 Å². The van der Waals surface area contributed by atoms with E-state index in [9.17, 15) is 0 Å². The fourth-order valence-electron chi connectivity index (χ4n) is 1.74. The molecule has 0 radical (unpaired) electrons. The largest absolute Gasteiger partial charge is 0.348 e. The van der Waals surface area contributed by atoms with Gasteiger partial charge >= 0.3 is 0 Å². The van der Waals surface area contributed by atoms with Crippen LogP contribution in [0.5, 0.6) is 0 Å². The summed E-state index contributed by atoms with van der Waals surface area (Å²) in [5.41, 5.74) is 0. The maximum absolute atomic E-state index is 5.79. The Morgan fingerprint density at radius 2 is 2.17 bits per heavy atom. The van der Waals surface area contributed by atoms with Crippen LogP contribution in [0.4, 0.5) is 0 Å². The highest BCUT2D eigenvalue weighted by atomic mass is 16.7. The Bertz CT molecular complexity index is 145. The molecule has 1 heterocycles. The summed E-state index contributed by atoms with van der Waals surface area (Å²) in [4.78, 5) is 0. The standard InChI is InChI=1S/C10H20O2/c1-5-9-7-11-10(4,12-9)6-8(2)3/h8-9H,5-7H2,1-4H3/t9?,10-/m1/s1. The molecule has 0 aromatic heterocycles. The summed E-state index contributed by atoms with van der Waals surface area (Å²) >= 11 is 0. The van der Waals surface area contributed by atoms with E-state index in [4.69, 9.17) is 9.47 Å². The van der Waals surface area contributed by atoms with E-state index >= 15 is 0 Å². The van der Waals surface area contributed by atoms with Gasteiger partial charge in [-0.25, -0.2) is 0 Å². The predicted octanol–water partition coefficient (Wildman–Crippen LogP) is 2.57. The van der Waals surface area contributed by atoms with Gasteiger partial charge in [0.15, 0.2) is 5.79 Å². The highest BCUT2D eigenvalue weighted by Crippen LogP contribution is 2.30. The first-order valence-electron chi connectivity index (χ1n) is 4.87. The fraction of sp³-hybridized carbons (Fsp3) is 1.00. The summed E-state index contributed by atoms with van der Waals surface area (Å²) < 4.78 is 11.4. The van der Waals surface area contributed by atoms with Crippen molar-refractivity contribution in [1.82, 2.24) is 0 Å². The van der Waals surface area contributed by atoms with Crippen molar-refractivity contribution in [3.05, 3.63) is 0 Å². The van der Waals surface area contributed by atoms with Crippen LogP contribution in [0, 0.1) is 5.92 Å². The lowest BCUT2D eigenvalue weighted by molar-refractivity contribution is -0.164. The van der Waals surface area contributed by atoms with E-state index in [1.807, 2.05) is 6.92 Å². The van der Waals surface area contributed by atoms with Crippen LogP contribution in [0.25, 0.3) is 0 Å². The monoisotopic (exact) mass is 172 g/mol. The molecule has 0 amide bonds. The summed E-state index contributed by atoms with van der Waals surface area (Å²) in [6, 6.07) is 0. The van der Waals surface area contributed by atoms with Gasteiger partial charge in [-0.1, -0.05) is 20.8 Å². The molecule has 0 N–H and O–H groups in total. The zero-order chi connectivity index (χ0) is 9.19. The number of hydrogen-bond donors (Lipinski definition) is 0. The van der Waals surface area contributed by atoms with Crippen LogP contribution in [0.15, 0.2) is 0 Å². The van der Waals surface area contributed by atoms with Crippen molar-refractivity contribution in [2.75, 3.05) is 6.61 Å². The lowest BCUT2D eigenvalue weighted by Crippen LogP contribution is -2.28. The number of hydrogen-bond acceptors (Lipinski definition) is 2. The third-order valence-electron chi connectivity index (χ3n) is 2.22. The smallest absolute Gasteiger partial charge is 0.166 e. The summed E-state index contributed by atoms with van der Waals surface area (Å²) in [5.74, 6) is 0.320. The van der Waals surface area contributed by atoms with Crippen molar-refractivity contribution >= 4 is 0 Å². The summed E-state index contributed by atoms with van der Waals surface area (Å²) in [6.45, 7) is 9.33. The Morgan fingerprint density at radius 1 is 1.50 bits per heavy atom. The van der Waals surface area contributed by atoms with Gasteiger partial charge in [0.05, 0.1) is 12.7 Å². The first kappa shape index (κ1) is 10.0. The van der Waals surface area contributed by atoms with E-state index in [0.717, 1.165) is 19.4 Å². The lowest BCUT2D eigenvalue weighted by atomic mass is 10.0. The predicted molar refractivity (Wildman–Crippen MR) is 49.0 cm³/mol. The molecule has 1 fully saturated rings. The van der Waals surface area contributed by atoms with Crippen molar-refractivity contribution in [2.45, 2.75) is 52.4 Å². The first-order valence-corrected chi connectivity index (χ1v) is 4.87. The van der Waals surface area contributed by atoms with Crippen molar-refractivity contribution < 1.29 is 9.47 Å². The van der Waals surface area contributed by atoms with Crippen LogP contribution >= 0.6 is 0 Å². The normalized spacial score (nSPS) is 36.2. The molecule has 0 saturated carbocycles. The molecule has 0 aliphatic carbocycles. The van der Waals surface area contributed by atoms with Gasteiger partial charge in [-0.2, -0.15) is 0 Å². The minimum Gasteiger partial charge on any atom is -0.348 e. The molecule has 2 heteroatoms. The molecular weight excluding hydrogens is 152 g/mol. The van der Waals surface area contributed by atoms with Gasteiger partial charge in [-0.3, -0.25) is 0 Å². The fourth-order valence-corrected chi connectivity index (χ4v) is 1.74. The van der Waals surface area contributed by atoms with E-state index in [-0.39, 0.29) is 5.79 Å². The van der Waals surface area contributed by atoms with Crippen LogP contribution < -0.4 is 0 Å². The average molecular weight is 172 g/mol. The number of rotatable bonds is 3. The van der Waals surface area contributed by atoms with Gasteiger partial charge in [-0.15, -0.1) is 0 Å². The Balaban J connectivity index is 2.41. The van der Waals surface area contributed by atoms with Crippen molar-refractivity contribution in [2.24, 2.45) is 5.92 Å². The first-order chi connectivity index (χ1) is 5.56. The lowest BCUT2D eigenvalue weighted by Gasteiger charge is -2.24.